The number of halogens is 1. The van der Waals surface area contributed by atoms with Crippen LogP contribution in [-0.4, -0.2) is 59.5 Å². The molecular formula is C22H27ClN6O5. The number of carbonyl (C=O) groups is 2. The number of tetrazole rings is 1. The molecule has 2 heterocycles. The molecule has 3 rings (SSSR count). The monoisotopic (exact) mass is 490 g/mol. The van der Waals surface area contributed by atoms with Crippen LogP contribution in [0, 0.1) is 0 Å². The Morgan fingerprint density at radius 2 is 1.97 bits per heavy atom. The molecule has 11 nitrogen and oxygen atoms in total. The Kier molecular flexibility index (Phi) is 8.37. The quantitative estimate of drug-likeness (QED) is 0.497. The molecular weight excluding hydrogens is 464 g/mol. The fraction of sp³-hybridized carbons (Fsp3) is 0.409. The number of nitrogens with zero attached hydrogens (tertiary/aromatic N) is 4. The molecule has 2 aromatic rings. The van der Waals surface area contributed by atoms with Crippen molar-refractivity contribution in [3.63, 3.8) is 0 Å². The zero-order valence-corrected chi connectivity index (χ0v) is 20.1. The first kappa shape index (κ1) is 25.3. The van der Waals surface area contributed by atoms with Gasteiger partial charge in [0.15, 0.2) is 6.10 Å². The van der Waals surface area contributed by atoms with Gasteiger partial charge in [-0.15, -0.1) is 10.2 Å². The molecule has 0 radical (unpaired) electrons. The molecule has 0 saturated carbocycles. The Morgan fingerprint density at radius 1 is 1.24 bits per heavy atom. The Balaban J connectivity index is 2.29. The summed E-state index contributed by atoms with van der Waals surface area (Å²) in [5.74, 6) is -1.96. The van der Waals surface area contributed by atoms with Crippen LogP contribution in [0.4, 0.5) is 0 Å². The summed E-state index contributed by atoms with van der Waals surface area (Å²) in [5.41, 5.74) is 7.22. The lowest BCUT2D eigenvalue weighted by atomic mass is 9.79. The zero-order valence-electron chi connectivity index (χ0n) is 19.4. The molecule has 0 amide bonds. The lowest BCUT2D eigenvalue weighted by Gasteiger charge is -2.33. The molecule has 34 heavy (non-hydrogen) atoms. The van der Waals surface area contributed by atoms with Crippen molar-refractivity contribution in [3.8, 4) is 0 Å². The molecule has 0 spiro atoms. The number of dihydropyridines is 1. The van der Waals surface area contributed by atoms with Crippen LogP contribution in [0.5, 0.6) is 0 Å². The molecule has 1 aliphatic heterocycles. The van der Waals surface area contributed by atoms with Gasteiger partial charge in [0.05, 0.1) is 43.0 Å². The summed E-state index contributed by atoms with van der Waals surface area (Å²) in [6.07, 6.45) is -0.926. The first-order valence-corrected chi connectivity index (χ1v) is 11.0. The second-order valence-electron chi connectivity index (χ2n) is 7.31. The number of esters is 2. The van der Waals surface area contributed by atoms with E-state index in [-0.39, 0.29) is 23.6 Å². The van der Waals surface area contributed by atoms with E-state index in [4.69, 9.17) is 31.5 Å². The van der Waals surface area contributed by atoms with Gasteiger partial charge in [-0.25, -0.2) is 9.59 Å². The summed E-state index contributed by atoms with van der Waals surface area (Å²) in [6.45, 7) is 4.18. The predicted octanol–water partition coefficient (Wildman–Crippen LogP) is 1.62. The molecule has 1 aromatic heterocycles. The molecule has 0 aliphatic carbocycles. The molecule has 2 atom stereocenters. The fourth-order valence-electron chi connectivity index (χ4n) is 3.82. The van der Waals surface area contributed by atoms with Crippen LogP contribution in [0.2, 0.25) is 5.02 Å². The highest BCUT2D eigenvalue weighted by Gasteiger charge is 2.42. The minimum absolute atomic E-state index is 0.115. The number of nitrogens with one attached hydrogen (secondary N) is 1. The Bertz CT molecular complexity index is 1130. The van der Waals surface area contributed by atoms with E-state index in [9.17, 15) is 9.59 Å². The number of benzene rings is 1. The number of hydrogen-bond acceptors (Lipinski definition) is 10. The van der Waals surface area contributed by atoms with E-state index in [1.807, 2.05) is 0 Å². The zero-order chi connectivity index (χ0) is 24.8. The summed E-state index contributed by atoms with van der Waals surface area (Å²) in [6, 6.07) is 6.94. The lowest BCUT2D eigenvalue weighted by Crippen LogP contribution is -2.36. The van der Waals surface area contributed by atoms with Gasteiger partial charge in [0, 0.05) is 24.4 Å². The van der Waals surface area contributed by atoms with Gasteiger partial charge in [-0.1, -0.05) is 29.8 Å². The van der Waals surface area contributed by atoms with Gasteiger partial charge in [0.2, 0.25) is 5.82 Å². The average Bonchev–Trinajstić information content (AvgIpc) is 3.27. The number of rotatable bonds is 9. The topological polar surface area (TPSA) is 143 Å². The summed E-state index contributed by atoms with van der Waals surface area (Å²) in [7, 11) is 2.72. The second-order valence-corrected chi connectivity index (χ2v) is 7.71. The Labute approximate surface area is 201 Å². The van der Waals surface area contributed by atoms with Gasteiger partial charge in [-0.05, 0) is 30.7 Å². The molecule has 3 N–H and O–H groups in total. The molecule has 0 bridgehead atoms. The first-order valence-electron chi connectivity index (χ1n) is 10.6. The third-order valence-electron chi connectivity index (χ3n) is 5.24. The van der Waals surface area contributed by atoms with Crippen LogP contribution < -0.4 is 11.1 Å². The molecule has 1 aromatic carbocycles. The molecule has 1 aliphatic rings. The molecule has 12 heteroatoms. The van der Waals surface area contributed by atoms with E-state index >= 15 is 0 Å². The minimum Gasteiger partial charge on any atom is -0.466 e. The second kappa shape index (κ2) is 11.2. The standard InChI is InChI=1S/C22H27ClN6O5/c1-5-34-22(31)17-16(13-8-6-7-9-14(13)23)15(21(30)33-4)12(2)25-18(17)19(32-3)20-26-28-29(27-20)11-10-24/h6-9,16,19,25H,5,10-11,24H2,1-4H3. The third-order valence-corrected chi connectivity index (χ3v) is 5.58. The normalized spacial score (nSPS) is 16.8. The fourth-order valence-corrected chi connectivity index (χ4v) is 4.07. The predicted molar refractivity (Wildman–Crippen MR) is 122 cm³/mol. The maximum absolute atomic E-state index is 13.4. The number of ether oxygens (including phenoxy) is 3. The summed E-state index contributed by atoms with van der Waals surface area (Å²) >= 11 is 6.53. The Hall–Kier alpha value is -3.28. The van der Waals surface area contributed by atoms with Crippen LogP contribution in [0.15, 0.2) is 46.8 Å². The van der Waals surface area contributed by atoms with Crippen LogP contribution >= 0.6 is 11.6 Å². The van der Waals surface area contributed by atoms with Gasteiger partial charge in [-0.3, -0.25) is 0 Å². The summed E-state index contributed by atoms with van der Waals surface area (Å²) in [4.78, 5) is 27.6. The smallest absolute Gasteiger partial charge is 0.336 e. The van der Waals surface area contributed by atoms with Gasteiger partial charge in [0.1, 0.15) is 0 Å². The number of allylic oxidation sites excluding steroid dienone is 1. The average molecular weight is 491 g/mol. The largest absolute Gasteiger partial charge is 0.466 e. The molecule has 2 unspecified atom stereocenters. The number of hydrogen-bond donors (Lipinski definition) is 2. The highest BCUT2D eigenvalue weighted by molar-refractivity contribution is 6.31. The maximum atomic E-state index is 13.4. The third kappa shape index (κ3) is 4.96. The van der Waals surface area contributed by atoms with E-state index in [0.717, 1.165) is 0 Å². The van der Waals surface area contributed by atoms with Crippen molar-refractivity contribution in [1.82, 2.24) is 25.5 Å². The van der Waals surface area contributed by atoms with Gasteiger partial charge >= 0.3 is 11.9 Å². The van der Waals surface area contributed by atoms with E-state index in [0.29, 0.717) is 35.1 Å². The van der Waals surface area contributed by atoms with Gasteiger partial charge in [0.25, 0.3) is 0 Å². The van der Waals surface area contributed by atoms with Crippen LogP contribution in [0.25, 0.3) is 0 Å². The van der Waals surface area contributed by atoms with Gasteiger partial charge in [-0.2, -0.15) is 4.80 Å². The lowest BCUT2D eigenvalue weighted by molar-refractivity contribution is -0.139. The van der Waals surface area contributed by atoms with E-state index in [1.165, 1.54) is 19.0 Å². The number of aromatic nitrogens is 4. The molecule has 182 valence electrons. The van der Waals surface area contributed by atoms with Crippen molar-refractivity contribution in [2.24, 2.45) is 5.73 Å². The van der Waals surface area contributed by atoms with Crippen molar-refractivity contribution in [3.05, 3.63) is 63.2 Å². The number of methoxy groups -OCH3 is 2. The summed E-state index contributed by atoms with van der Waals surface area (Å²) in [5, 5.41) is 15.9. The summed E-state index contributed by atoms with van der Waals surface area (Å²) < 4.78 is 16.1. The van der Waals surface area contributed by atoms with Crippen molar-refractivity contribution in [2.75, 3.05) is 27.4 Å². The van der Waals surface area contributed by atoms with Crippen molar-refractivity contribution >= 4 is 23.5 Å². The number of carbonyl (C=O) groups excluding carboxylic acids is 2. The van der Waals surface area contributed by atoms with Crippen molar-refractivity contribution in [2.45, 2.75) is 32.4 Å². The van der Waals surface area contributed by atoms with Crippen molar-refractivity contribution in [1.29, 1.82) is 0 Å². The first-order chi connectivity index (χ1) is 16.4. The van der Waals surface area contributed by atoms with E-state index < -0.39 is 24.0 Å². The van der Waals surface area contributed by atoms with Crippen LogP contribution in [-0.2, 0) is 30.3 Å². The maximum Gasteiger partial charge on any atom is 0.336 e. The molecule has 0 fully saturated rings. The molecule has 0 saturated heterocycles. The minimum atomic E-state index is -0.926. The van der Waals surface area contributed by atoms with Crippen LogP contribution in [0.3, 0.4) is 0 Å². The van der Waals surface area contributed by atoms with Crippen molar-refractivity contribution < 1.29 is 23.8 Å². The SMILES string of the molecule is CCOC(=O)C1=C(C(OC)c2nnn(CCN)n2)NC(C)=C(C(=O)OC)C1c1ccccc1Cl. The highest BCUT2D eigenvalue weighted by Crippen LogP contribution is 2.44. The van der Waals surface area contributed by atoms with Crippen LogP contribution in [0.1, 0.15) is 37.3 Å². The Morgan fingerprint density at radius 3 is 2.59 bits per heavy atom. The van der Waals surface area contributed by atoms with E-state index in [1.54, 1.807) is 38.1 Å². The highest BCUT2D eigenvalue weighted by atomic mass is 35.5. The number of nitrogens with two attached hydrogens (primary N) is 1. The van der Waals surface area contributed by atoms with E-state index in [2.05, 4.69) is 20.7 Å². The van der Waals surface area contributed by atoms with Gasteiger partial charge < -0.3 is 25.3 Å².